The quantitative estimate of drug-likeness (QED) is 0.897. The third-order valence-electron chi connectivity index (χ3n) is 4.87. The van der Waals surface area contributed by atoms with E-state index in [4.69, 9.17) is 0 Å². The first-order valence-corrected chi connectivity index (χ1v) is 8.01. The van der Waals surface area contributed by atoms with Crippen LogP contribution in [0.25, 0.3) is 0 Å². The number of hydrogen-bond acceptors (Lipinski definition) is 2. The van der Waals surface area contributed by atoms with Gasteiger partial charge in [-0.25, -0.2) is 8.78 Å². The number of halogens is 2. The van der Waals surface area contributed by atoms with E-state index in [0.717, 1.165) is 25.0 Å². The molecule has 120 valence electrons. The smallest absolute Gasteiger partial charge is 0.220 e. The topological polar surface area (TPSA) is 41.1 Å². The summed E-state index contributed by atoms with van der Waals surface area (Å²) in [6, 6.07) is 4.57. The van der Waals surface area contributed by atoms with E-state index in [-0.39, 0.29) is 11.9 Å². The fourth-order valence-corrected chi connectivity index (χ4v) is 3.77. The Kier molecular flexibility index (Phi) is 4.43. The molecule has 2 aliphatic heterocycles. The highest BCUT2D eigenvalue weighted by Crippen LogP contribution is 2.32. The molecule has 2 fully saturated rings. The molecule has 0 saturated carbocycles. The Balaban J connectivity index is 1.53. The van der Waals surface area contributed by atoms with E-state index in [0.29, 0.717) is 30.0 Å². The summed E-state index contributed by atoms with van der Waals surface area (Å²) < 4.78 is 26.2. The SMILES string of the molecule is CC(NC(=O)CC1CC2CCC(C1)N2)c1ccc(F)c(F)c1. The van der Waals surface area contributed by atoms with Crippen molar-refractivity contribution in [3.63, 3.8) is 0 Å². The highest BCUT2D eigenvalue weighted by molar-refractivity contribution is 5.76. The molecule has 22 heavy (non-hydrogen) atoms. The highest BCUT2D eigenvalue weighted by Gasteiger charge is 2.34. The van der Waals surface area contributed by atoms with Crippen LogP contribution in [-0.4, -0.2) is 18.0 Å². The summed E-state index contributed by atoms with van der Waals surface area (Å²) in [6.45, 7) is 1.79. The van der Waals surface area contributed by atoms with E-state index in [1.54, 1.807) is 6.92 Å². The van der Waals surface area contributed by atoms with Crippen LogP contribution in [0.15, 0.2) is 18.2 Å². The number of benzene rings is 1. The fourth-order valence-electron chi connectivity index (χ4n) is 3.77. The van der Waals surface area contributed by atoms with Gasteiger partial charge < -0.3 is 10.6 Å². The third-order valence-corrected chi connectivity index (χ3v) is 4.87. The average Bonchev–Trinajstić information content (AvgIpc) is 2.80. The number of fused-ring (bicyclic) bond motifs is 2. The van der Waals surface area contributed by atoms with Gasteiger partial charge in [-0.3, -0.25) is 4.79 Å². The lowest BCUT2D eigenvalue weighted by Crippen LogP contribution is -2.40. The molecule has 3 rings (SSSR count). The summed E-state index contributed by atoms with van der Waals surface area (Å²) in [5.74, 6) is -1.33. The molecule has 2 heterocycles. The predicted octanol–water partition coefficient (Wildman–Crippen LogP) is 3.06. The van der Waals surface area contributed by atoms with Gasteiger partial charge >= 0.3 is 0 Å². The lowest BCUT2D eigenvalue weighted by atomic mass is 9.89. The lowest BCUT2D eigenvalue weighted by molar-refractivity contribution is -0.122. The second-order valence-electron chi connectivity index (χ2n) is 6.64. The zero-order chi connectivity index (χ0) is 15.7. The molecular weight excluding hydrogens is 286 g/mol. The Labute approximate surface area is 129 Å². The summed E-state index contributed by atoms with van der Waals surface area (Å²) in [6.07, 6.45) is 5.07. The first-order valence-electron chi connectivity index (χ1n) is 8.01. The van der Waals surface area contributed by atoms with Crippen LogP contribution in [0.5, 0.6) is 0 Å². The zero-order valence-electron chi connectivity index (χ0n) is 12.7. The highest BCUT2D eigenvalue weighted by atomic mass is 19.2. The van der Waals surface area contributed by atoms with Crippen molar-refractivity contribution in [3.05, 3.63) is 35.4 Å². The van der Waals surface area contributed by atoms with Crippen molar-refractivity contribution in [3.8, 4) is 0 Å². The van der Waals surface area contributed by atoms with Crippen LogP contribution in [0.3, 0.4) is 0 Å². The van der Waals surface area contributed by atoms with Gasteiger partial charge in [0.1, 0.15) is 0 Å². The number of carbonyl (C=O) groups excluding carboxylic acids is 1. The van der Waals surface area contributed by atoms with Crippen LogP contribution in [0, 0.1) is 17.6 Å². The molecule has 3 unspecified atom stereocenters. The molecule has 0 spiro atoms. The van der Waals surface area contributed by atoms with Gasteiger partial charge in [0.05, 0.1) is 6.04 Å². The zero-order valence-corrected chi connectivity index (χ0v) is 12.7. The number of hydrogen-bond donors (Lipinski definition) is 2. The van der Waals surface area contributed by atoms with Crippen LogP contribution >= 0.6 is 0 Å². The molecule has 3 atom stereocenters. The Bertz CT molecular complexity index is 552. The number of carbonyl (C=O) groups is 1. The molecule has 1 aromatic rings. The normalized spacial score (nSPS) is 28.4. The van der Waals surface area contributed by atoms with E-state index >= 15 is 0 Å². The Morgan fingerprint density at radius 3 is 2.59 bits per heavy atom. The first-order chi connectivity index (χ1) is 10.5. The molecule has 2 bridgehead atoms. The van der Waals surface area contributed by atoms with Crippen molar-refractivity contribution in [2.75, 3.05) is 0 Å². The van der Waals surface area contributed by atoms with Gasteiger partial charge in [0.15, 0.2) is 11.6 Å². The second kappa shape index (κ2) is 6.32. The summed E-state index contributed by atoms with van der Waals surface area (Å²) in [5.41, 5.74) is 0.581. The van der Waals surface area contributed by atoms with Gasteiger partial charge in [-0.05, 0) is 56.2 Å². The minimum absolute atomic E-state index is 0.0106. The average molecular weight is 308 g/mol. The monoisotopic (exact) mass is 308 g/mol. The molecule has 1 amide bonds. The number of piperidine rings is 1. The van der Waals surface area contributed by atoms with Gasteiger partial charge in [0.25, 0.3) is 0 Å². The van der Waals surface area contributed by atoms with Crippen molar-refractivity contribution >= 4 is 5.91 Å². The van der Waals surface area contributed by atoms with Crippen LogP contribution in [0.1, 0.15) is 50.6 Å². The molecule has 0 aromatic heterocycles. The van der Waals surface area contributed by atoms with Gasteiger partial charge in [0, 0.05) is 18.5 Å². The number of rotatable bonds is 4. The van der Waals surface area contributed by atoms with Crippen molar-refractivity contribution in [2.24, 2.45) is 5.92 Å². The van der Waals surface area contributed by atoms with Gasteiger partial charge in [-0.15, -0.1) is 0 Å². The maximum Gasteiger partial charge on any atom is 0.220 e. The predicted molar refractivity (Wildman–Crippen MR) is 80.2 cm³/mol. The van der Waals surface area contributed by atoms with Crippen molar-refractivity contribution in [1.82, 2.24) is 10.6 Å². The van der Waals surface area contributed by atoms with Crippen LogP contribution in [0.4, 0.5) is 8.78 Å². The maximum absolute atomic E-state index is 13.2. The largest absolute Gasteiger partial charge is 0.350 e. The Hall–Kier alpha value is -1.49. The number of amides is 1. The van der Waals surface area contributed by atoms with E-state index in [9.17, 15) is 13.6 Å². The molecule has 0 radical (unpaired) electrons. The maximum atomic E-state index is 13.2. The van der Waals surface area contributed by atoms with Gasteiger partial charge in [0.2, 0.25) is 5.91 Å². The van der Waals surface area contributed by atoms with E-state index in [1.165, 1.54) is 18.9 Å². The van der Waals surface area contributed by atoms with E-state index < -0.39 is 11.6 Å². The fraction of sp³-hybridized carbons (Fsp3) is 0.588. The molecule has 3 nitrogen and oxygen atoms in total. The Morgan fingerprint density at radius 2 is 1.95 bits per heavy atom. The van der Waals surface area contributed by atoms with Gasteiger partial charge in [-0.2, -0.15) is 0 Å². The van der Waals surface area contributed by atoms with Gasteiger partial charge in [-0.1, -0.05) is 6.07 Å². The summed E-state index contributed by atoms with van der Waals surface area (Å²) >= 11 is 0. The molecule has 2 N–H and O–H groups in total. The summed E-state index contributed by atoms with van der Waals surface area (Å²) in [7, 11) is 0. The summed E-state index contributed by atoms with van der Waals surface area (Å²) in [5, 5.41) is 6.45. The van der Waals surface area contributed by atoms with Crippen molar-refractivity contribution in [1.29, 1.82) is 0 Å². The number of nitrogens with one attached hydrogen (secondary N) is 2. The molecule has 5 heteroatoms. The minimum atomic E-state index is -0.881. The third kappa shape index (κ3) is 3.46. The van der Waals surface area contributed by atoms with Crippen LogP contribution in [-0.2, 0) is 4.79 Å². The molecule has 0 aliphatic carbocycles. The van der Waals surface area contributed by atoms with E-state index in [1.807, 2.05) is 0 Å². The van der Waals surface area contributed by atoms with Crippen LogP contribution in [0.2, 0.25) is 0 Å². The van der Waals surface area contributed by atoms with E-state index in [2.05, 4.69) is 10.6 Å². The standard InChI is InChI=1S/C17H22F2N2O/c1-10(12-2-5-15(18)16(19)9-12)20-17(22)8-11-6-13-3-4-14(7-11)21-13/h2,5,9-11,13-14,21H,3-4,6-8H2,1H3,(H,20,22). The molecular formula is C17H22F2N2O. The molecule has 2 aliphatic rings. The van der Waals surface area contributed by atoms with Crippen LogP contribution < -0.4 is 10.6 Å². The molecule has 1 aromatic carbocycles. The lowest BCUT2D eigenvalue weighted by Gasteiger charge is -2.29. The van der Waals surface area contributed by atoms with Crippen molar-refractivity contribution < 1.29 is 13.6 Å². The Morgan fingerprint density at radius 1 is 1.27 bits per heavy atom. The molecule has 2 saturated heterocycles. The first kappa shape index (κ1) is 15.4. The second-order valence-corrected chi connectivity index (χ2v) is 6.64. The minimum Gasteiger partial charge on any atom is -0.350 e. The van der Waals surface area contributed by atoms with Crippen molar-refractivity contribution in [2.45, 2.75) is 57.2 Å². The summed E-state index contributed by atoms with van der Waals surface area (Å²) in [4.78, 5) is 12.2.